The molecule has 0 N–H and O–H groups in total. The number of amides is 2. The van der Waals surface area contributed by atoms with Crippen molar-refractivity contribution >= 4 is 22.8 Å². The Kier molecular flexibility index (Phi) is 3.98. The normalized spacial score (nSPS) is 19.7. The van der Waals surface area contributed by atoms with Crippen molar-refractivity contribution in [2.75, 3.05) is 0 Å². The Hall–Kier alpha value is -2.43. The van der Waals surface area contributed by atoms with E-state index in [9.17, 15) is 14.4 Å². The van der Waals surface area contributed by atoms with Crippen LogP contribution in [0.25, 0.3) is 11.0 Å². The van der Waals surface area contributed by atoms with Gasteiger partial charge >= 0.3 is 5.63 Å². The minimum Gasteiger partial charge on any atom is -0.422 e. The number of rotatable bonds is 2. The van der Waals surface area contributed by atoms with Gasteiger partial charge in [0.1, 0.15) is 5.58 Å². The summed E-state index contributed by atoms with van der Waals surface area (Å²) in [5.41, 5.74) is 2.20. The molecular formula is C21H23NO4. The molecule has 1 saturated carbocycles. The number of fused-ring (bicyclic) bond motifs is 1. The molecule has 2 aromatic rings. The molecule has 1 aromatic heterocycles. The third-order valence-electron chi connectivity index (χ3n) is 6.15. The number of imide groups is 1. The van der Waals surface area contributed by atoms with Crippen molar-refractivity contribution in [3.63, 3.8) is 0 Å². The summed E-state index contributed by atoms with van der Waals surface area (Å²) in [6.45, 7) is 4.01. The fourth-order valence-corrected chi connectivity index (χ4v) is 4.46. The number of carbonyl (C=O) groups excluding carboxylic acids is 2. The molecule has 2 amide bonds. The molecule has 0 unspecified atom stereocenters. The summed E-state index contributed by atoms with van der Waals surface area (Å²) in [7, 11) is 0. The van der Waals surface area contributed by atoms with Crippen LogP contribution < -0.4 is 5.63 Å². The van der Waals surface area contributed by atoms with Gasteiger partial charge in [-0.15, -0.1) is 0 Å². The van der Waals surface area contributed by atoms with Gasteiger partial charge in [-0.2, -0.15) is 0 Å². The van der Waals surface area contributed by atoms with Crippen LogP contribution in [0.1, 0.15) is 55.2 Å². The van der Waals surface area contributed by atoms with Gasteiger partial charge in [-0.1, -0.05) is 31.4 Å². The van der Waals surface area contributed by atoms with Crippen molar-refractivity contribution in [2.24, 2.45) is 5.41 Å². The van der Waals surface area contributed by atoms with Gasteiger partial charge in [0, 0.05) is 17.9 Å². The van der Waals surface area contributed by atoms with Gasteiger partial charge in [0.25, 0.3) is 0 Å². The fraction of sp³-hybridized carbons (Fsp3) is 0.476. The van der Waals surface area contributed by atoms with Crippen LogP contribution in [0, 0.1) is 19.3 Å². The molecule has 2 heterocycles. The van der Waals surface area contributed by atoms with Crippen LogP contribution in [-0.4, -0.2) is 16.7 Å². The Labute approximate surface area is 152 Å². The van der Waals surface area contributed by atoms with E-state index in [1.165, 1.54) is 11.0 Å². The minimum atomic E-state index is -0.503. The minimum absolute atomic E-state index is 0.0626. The van der Waals surface area contributed by atoms with Crippen LogP contribution in [0.5, 0.6) is 0 Å². The first-order valence-electron chi connectivity index (χ1n) is 9.29. The maximum absolute atomic E-state index is 13.0. The zero-order valence-electron chi connectivity index (χ0n) is 15.3. The highest BCUT2D eigenvalue weighted by atomic mass is 16.4. The second kappa shape index (κ2) is 6.08. The Balaban J connectivity index is 1.74. The van der Waals surface area contributed by atoms with E-state index in [-0.39, 0.29) is 18.4 Å². The lowest BCUT2D eigenvalue weighted by Crippen LogP contribution is -2.36. The topological polar surface area (TPSA) is 67.6 Å². The van der Waals surface area contributed by atoms with Crippen LogP contribution in [0.2, 0.25) is 0 Å². The first-order valence-corrected chi connectivity index (χ1v) is 9.29. The Morgan fingerprint density at radius 1 is 1.08 bits per heavy atom. The van der Waals surface area contributed by atoms with E-state index in [1.54, 1.807) is 0 Å². The molecule has 1 aliphatic heterocycles. The van der Waals surface area contributed by atoms with Gasteiger partial charge < -0.3 is 4.42 Å². The van der Waals surface area contributed by atoms with Crippen LogP contribution in [0.4, 0.5) is 0 Å². The zero-order valence-corrected chi connectivity index (χ0v) is 15.3. The number of likely N-dealkylation sites (tertiary alicyclic amines) is 1. The molecular weight excluding hydrogens is 330 g/mol. The first kappa shape index (κ1) is 17.0. The van der Waals surface area contributed by atoms with Crippen molar-refractivity contribution < 1.29 is 14.0 Å². The van der Waals surface area contributed by atoms with Crippen LogP contribution >= 0.6 is 0 Å². The van der Waals surface area contributed by atoms with E-state index < -0.39 is 11.0 Å². The molecule has 4 rings (SSSR count). The average Bonchev–Trinajstić information content (AvgIpc) is 2.83. The standard InChI is InChI=1S/C21H23NO4/c1-13-6-7-16-15(10-18(24)26-19(16)14(13)2)12-22-17(23)11-21(20(22)25)8-4-3-5-9-21/h6-7,10H,3-5,8-9,11-12H2,1-2H3. The number of nitrogens with zero attached hydrogens (tertiary/aromatic N) is 1. The van der Waals surface area contributed by atoms with Crippen LogP contribution in [-0.2, 0) is 16.1 Å². The lowest BCUT2D eigenvalue weighted by atomic mass is 9.73. The van der Waals surface area contributed by atoms with Crippen LogP contribution in [0.3, 0.4) is 0 Å². The summed E-state index contributed by atoms with van der Waals surface area (Å²) in [4.78, 5) is 39.1. The molecule has 0 radical (unpaired) electrons. The van der Waals surface area contributed by atoms with E-state index in [2.05, 4.69) is 0 Å². The van der Waals surface area contributed by atoms with Crippen molar-refractivity contribution in [1.82, 2.24) is 4.90 Å². The third kappa shape index (κ3) is 2.57. The number of hydrogen-bond acceptors (Lipinski definition) is 4. The highest BCUT2D eigenvalue weighted by molar-refractivity contribution is 6.06. The highest BCUT2D eigenvalue weighted by Gasteiger charge is 2.51. The fourth-order valence-electron chi connectivity index (χ4n) is 4.46. The molecule has 5 heteroatoms. The molecule has 1 saturated heterocycles. The SMILES string of the molecule is Cc1ccc2c(CN3C(=O)CC4(CCCCC4)C3=O)cc(=O)oc2c1C. The number of carbonyl (C=O) groups is 2. The molecule has 1 aliphatic carbocycles. The second-order valence-electron chi connectivity index (χ2n) is 7.78. The molecule has 2 aliphatic rings. The lowest BCUT2D eigenvalue weighted by Gasteiger charge is -2.30. The van der Waals surface area contributed by atoms with Gasteiger partial charge in [-0.05, 0) is 43.4 Å². The van der Waals surface area contributed by atoms with E-state index in [0.29, 0.717) is 17.6 Å². The monoisotopic (exact) mass is 353 g/mol. The first-order chi connectivity index (χ1) is 12.4. The highest BCUT2D eigenvalue weighted by Crippen LogP contribution is 2.45. The van der Waals surface area contributed by atoms with Gasteiger partial charge in [-0.25, -0.2) is 4.79 Å². The molecule has 2 fully saturated rings. The van der Waals surface area contributed by atoms with Crippen LogP contribution in [0.15, 0.2) is 27.4 Å². The molecule has 0 atom stereocenters. The summed E-state index contributed by atoms with van der Waals surface area (Å²) in [6.07, 6.45) is 5.04. The van der Waals surface area contributed by atoms with Crippen molar-refractivity contribution in [2.45, 2.75) is 58.9 Å². The predicted molar refractivity (Wildman–Crippen MR) is 97.7 cm³/mol. The summed E-state index contributed by atoms with van der Waals surface area (Å²) >= 11 is 0. The molecule has 5 nitrogen and oxygen atoms in total. The molecule has 1 spiro atoms. The van der Waals surface area contributed by atoms with Gasteiger partial charge in [0.15, 0.2) is 0 Å². The van der Waals surface area contributed by atoms with Gasteiger partial charge in [0.05, 0.1) is 12.0 Å². The van der Waals surface area contributed by atoms with Crippen molar-refractivity contribution in [1.29, 1.82) is 0 Å². The molecule has 136 valence electrons. The van der Waals surface area contributed by atoms with E-state index >= 15 is 0 Å². The Morgan fingerprint density at radius 3 is 2.54 bits per heavy atom. The van der Waals surface area contributed by atoms with Crippen molar-refractivity contribution in [3.8, 4) is 0 Å². The maximum atomic E-state index is 13.0. The number of benzene rings is 1. The predicted octanol–water partition coefficient (Wildman–Crippen LogP) is 3.62. The van der Waals surface area contributed by atoms with Crippen molar-refractivity contribution in [3.05, 3.63) is 45.3 Å². The molecule has 1 aromatic carbocycles. The number of aryl methyl sites for hydroxylation is 2. The lowest BCUT2D eigenvalue weighted by molar-refractivity contribution is -0.142. The number of hydrogen-bond donors (Lipinski definition) is 0. The molecule has 26 heavy (non-hydrogen) atoms. The van der Waals surface area contributed by atoms with Gasteiger partial charge in [0.2, 0.25) is 11.8 Å². The smallest absolute Gasteiger partial charge is 0.336 e. The summed E-state index contributed by atoms with van der Waals surface area (Å²) < 4.78 is 5.40. The molecule has 0 bridgehead atoms. The third-order valence-corrected chi connectivity index (χ3v) is 6.15. The van der Waals surface area contributed by atoms with E-state index in [0.717, 1.165) is 48.6 Å². The summed E-state index contributed by atoms with van der Waals surface area (Å²) in [5, 5.41) is 0.790. The average molecular weight is 353 g/mol. The zero-order chi connectivity index (χ0) is 18.5. The largest absolute Gasteiger partial charge is 0.422 e. The Bertz CT molecular complexity index is 966. The van der Waals surface area contributed by atoms with E-state index in [4.69, 9.17) is 4.42 Å². The summed E-state index contributed by atoms with van der Waals surface area (Å²) in [6, 6.07) is 5.28. The van der Waals surface area contributed by atoms with E-state index in [1.807, 2.05) is 26.0 Å². The second-order valence-corrected chi connectivity index (χ2v) is 7.78. The Morgan fingerprint density at radius 2 is 1.81 bits per heavy atom. The summed E-state index contributed by atoms with van der Waals surface area (Å²) in [5.74, 6) is -0.186. The quantitative estimate of drug-likeness (QED) is 0.611. The maximum Gasteiger partial charge on any atom is 0.336 e. The van der Waals surface area contributed by atoms with Gasteiger partial charge in [-0.3, -0.25) is 14.5 Å².